The standard InChI is InChI=1S/C14H22O/c1-4-13-8-5-9-14(11-13)12(2)7-6-10-15-3/h5,8-9,11-12H,4,6-7,10H2,1-3H3. The van der Waals surface area contributed by atoms with Crippen LogP contribution in [0.1, 0.15) is 43.7 Å². The molecule has 0 spiro atoms. The predicted molar refractivity (Wildman–Crippen MR) is 65.3 cm³/mol. The number of hydrogen-bond donors (Lipinski definition) is 0. The molecule has 1 aromatic carbocycles. The third-order valence-corrected chi connectivity index (χ3v) is 2.91. The number of methoxy groups -OCH3 is 1. The Bertz CT molecular complexity index is 280. The number of ether oxygens (including phenoxy) is 1. The Morgan fingerprint density at radius 2 is 2.13 bits per heavy atom. The van der Waals surface area contributed by atoms with Crippen molar-refractivity contribution >= 4 is 0 Å². The summed E-state index contributed by atoms with van der Waals surface area (Å²) in [6.07, 6.45) is 3.48. The van der Waals surface area contributed by atoms with Gasteiger partial charge in [0, 0.05) is 13.7 Å². The van der Waals surface area contributed by atoms with E-state index in [1.807, 2.05) is 0 Å². The van der Waals surface area contributed by atoms with Gasteiger partial charge in [-0.3, -0.25) is 0 Å². The average Bonchev–Trinajstić information content (AvgIpc) is 2.29. The van der Waals surface area contributed by atoms with Crippen LogP contribution in [-0.4, -0.2) is 13.7 Å². The zero-order valence-electron chi connectivity index (χ0n) is 10.1. The highest BCUT2D eigenvalue weighted by molar-refractivity contribution is 5.25. The fourth-order valence-corrected chi connectivity index (χ4v) is 1.82. The highest BCUT2D eigenvalue weighted by Crippen LogP contribution is 2.21. The Kier molecular flexibility index (Phi) is 5.41. The zero-order valence-corrected chi connectivity index (χ0v) is 10.1. The van der Waals surface area contributed by atoms with E-state index in [4.69, 9.17) is 4.74 Å². The fraction of sp³-hybridized carbons (Fsp3) is 0.571. The van der Waals surface area contributed by atoms with Crippen LogP contribution in [0.4, 0.5) is 0 Å². The SMILES string of the molecule is CCc1cccc(C(C)CCCOC)c1. The Labute approximate surface area is 93.5 Å². The Morgan fingerprint density at radius 1 is 1.33 bits per heavy atom. The summed E-state index contributed by atoms with van der Waals surface area (Å²) in [6, 6.07) is 8.93. The van der Waals surface area contributed by atoms with Crippen LogP contribution in [0.25, 0.3) is 0 Å². The second-order valence-corrected chi connectivity index (χ2v) is 4.13. The first-order valence-corrected chi connectivity index (χ1v) is 5.85. The minimum Gasteiger partial charge on any atom is -0.385 e. The molecule has 0 heterocycles. The molecule has 0 saturated carbocycles. The molecule has 0 amide bonds. The van der Waals surface area contributed by atoms with Gasteiger partial charge in [0.1, 0.15) is 0 Å². The van der Waals surface area contributed by atoms with Gasteiger partial charge in [-0.1, -0.05) is 38.1 Å². The van der Waals surface area contributed by atoms with Crippen LogP contribution in [-0.2, 0) is 11.2 Å². The quantitative estimate of drug-likeness (QED) is 0.644. The zero-order chi connectivity index (χ0) is 11.1. The van der Waals surface area contributed by atoms with Gasteiger partial charge in [-0.15, -0.1) is 0 Å². The molecular formula is C14H22O. The molecule has 0 fully saturated rings. The maximum atomic E-state index is 5.07. The Balaban J connectivity index is 2.52. The predicted octanol–water partition coefficient (Wildman–Crippen LogP) is 3.78. The largest absolute Gasteiger partial charge is 0.385 e. The van der Waals surface area contributed by atoms with E-state index in [0.29, 0.717) is 5.92 Å². The van der Waals surface area contributed by atoms with Crippen molar-refractivity contribution in [3.8, 4) is 0 Å². The highest BCUT2D eigenvalue weighted by atomic mass is 16.5. The van der Waals surface area contributed by atoms with Crippen molar-refractivity contribution < 1.29 is 4.74 Å². The van der Waals surface area contributed by atoms with Gasteiger partial charge in [0.05, 0.1) is 0 Å². The summed E-state index contributed by atoms with van der Waals surface area (Å²) in [6.45, 7) is 5.37. The van der Waals surface area contributed by atoms with Crippen LogP contribution in [0.5, 0.6) is 0 Å². The van der Waals surface area contributed by atoms with Crippen molar-refractivity contribution in [1.82, 2.24) is 0 Å². The minimum atomic E-state index is 0.645. The summed E-state index contributed by atoms with van der Waals surface area (Å²) < 4.78 is 5.07. The smallest absolute Gasteiger partial charge is 0.0462 e. The summed E-state index contributed by atoms with van der Waals surface area (Å²) in [5.41, 5.74) is 2.90. The molecule has 0 radical (unpaired) electrons. The molecule has 0 aliphatic rings. The Morgan fingerprint density at radius 3 is 2.80 bits per heavy atom. The first-order chi connectivity index (χ1) is 7.27. The van der Waals surface area contributed by atoms with E-state index >= 15 is 0 Å². The van der Waals surface area contributed by atoms with Gasteiger partial charge in [-0.25, -0.2) is 0 Å². The van der Waals surface area contributed by atoms with Crippen LogP contribution in [0.2, 0.25) is 0 Å². The minimum absolute atomic E-state index is 0.645. The normalized spacial score (nSPS) is 12.7. The van der Waals surface area contributed by atoms with Crippen molar-refractivity contribution in [1.29, 1.82) is 0 Å². The van der Waals surface area contributed by atoms with Crippen molar-refractivity contribution in [3.05, 3.63) is 35.4 Å². The first-order valence-electron chi connectivity index (χ1n) is 5.85. The molecule has 0 N–H and O–H groups in total. The van der Waals surface area contributed by atoms with Crippen LogP contribution in [0, 0.1) is 0 Å². The van der Waals surface area contributed by atoms with Gasteiger partial charge in [0.15, 0.2) is 0 Å². The molecule has 15 heavy (non-hydrogen) atoms. The Hall–Kier alpha value is -0.820. The molecule has 1 unspecified atom stereocenters. The van der Waals surface area contributed by atoms with Crippen LogP contribution < -0.4 is 0 Å². The highest BCUT2D eigenvalue weighted by Gasteiger charge is 2.05. The van der Waals surface area contributed by atoms with Gasteiger partial charge in [-0.2, -0.15) is 0 Å². The lowest BCUT2D eigenvalue weighted by Crippen LogP contribution is -1.97. The summed E-state index contributed by atoms with van der Waals surface area (Å²) >= 11 is 0. The summed E-state index contributed by atoms with van der Waals surface area (Å²) in [7, 11) is 1.77. The van der Waals surface area contributed by atoms with Gasteiger partial charge in [0.25, 0.3) is 0 Å². The lowest BCUT2D eigenvalue weighted by molar-refractivity contribution is 0.191. The third-order valence-electron chi connectivity index (χ3n) is 2.91. The van der Waals surface area contributed by atoms with E-state index in [1.54, 1.807) is 7.11 Å². The lowest BCUT2D eigenvalue weighted by atomic mass is 9.94. The molecular weight excluding hydrogens is 184 g/mol. The molecule has 0 aliphatic carbocycles. The fourth-order valence-electron chi connectivity index (χ4n) is 1.82. The number of aryl methyl sites for hydroxylation is 1. The van der Waals surface area contributed by atoms with E-state index in [1.165, 1.54) is 17.5 Å². The van der Waals surface area contributed by atoms with Crippen molar-refractivity contribution in [2.45, 2.75) is 39.0 Å². The summed E-state index contributed by atoms with van der Waals surface area (Å²) in [4.78, 5) is 0. The number of rotatable bonds is 6. The van der Waals surface area contributed by atoms with Crippen LogP contribution in [0.15, 0.2) is 24.3 Å². The van der Waals surface area contributed by atoms with Gasteiger partial charge >= 0.3 is 0 Å². The molecule has 0 saturated heterocycles. The second-order valence-electron chi connectivity index (χ2n) is 4.13. The number of hydrogen-bond acceptors (Lipinski definition) is 1. The van der Waals surface area contributed by atoms with E-state index in [-0.39, 0.29) is 0 Å². The average molecular weight is 206 g/mol. The van der Waals surface area contributed by atoms with E-state index in [0.717, 1.165) is 19.4 Å². The summed E-state index contributed by atoms with van der Waals surface area (Å²) in [5, 5.41) is 0. The molecule has 1 nitrogen and oxygen atoms in total. The first kappa shape index (κ1) is 12.3. The van der Waals surface area contributed by atoms with Crippen LogP contribution in [0.3, 0.4) is 0 Å². The van der Waals surface area contributed by atoms with Crippen LogP contribution >= 0.6 is 0 Å². The summed E-state index contributed by atoms with van der Waals surface area (Å²) in [5.74, 6) is 0.645. The lowest BCUT2D eigenvalue weighted by Gasteiger charge is -2.12. The monoisotopic (exact) mass is 206 g/mol. The third kappa shape index (κ3) is 4.05. The maximum absolute atomic E-state index is 5.07. The molecule has 0 aliphatic heterocycles. The van der Waals surface area contributed by atoms with Gasteiger partial charge in [-0.05, 0) is 36.3 Å². The molecule has 0 bridgehead atoms. The van der Waals surface area contributed by atoms with E-state index < -0.39 is 0 Å². The van der Waals surface area contributed by atoms with Crippen molar-refractivity contribution in [2.24, 2.45) is 0 Å². The van der Waals surface area contributed by atoms with Gasteiger partial charge in [0.2, 0.25) is 0 Å². The van der Waals surface area contributed by atoms with E-state index in [2.05, 4.69) is 38.1 Å². The van der Waals surface area contributed by atoms with Crippen molar-refractivity contribution in [3.63, 3.8) is 0 Å². The number of benzene rings is 1. The molecule has 1 rings (SSSR count). The molecule has 84 valence electrons. The molecule has 0 aromatic heterocycles. The van der Waals surface area contributed by atoms with Gasteiger partial charge < -0.3 is 4.74 Å². The second kappa shape index (κ2) is 6.62. The topological polar surface area (TPSA) is 9.23 Å². The van der Waals surface area contributed by atoms with E-state index in [9.17, 15) is 0 Å². The maximum Gasteiger partial charge on any atom is 0.0462 e. The molecule has 1 heteroatoms. The molecule has 1 atom stereocenters. The van der Waals surface area contributed by atoms with Crippen molar-refractivity contribution in [2.75, 3.05) is 13.7 Å². The molecule has 1 aromatic rings.